The van der Waals surface area contributed by atoms with E-state index in [-0.39, 0.29) is 30.0 Å². The molecule has 1 saturated carbocycles. The highest BCUT2D eigenvalue weighted by Crippen LogP contribution is 2.43. The van der Waals surface area contributed by atoms with Gasteiger partial charge >= 0.3 is 6.18 Å². The number of aromatic nitrogens is 2. The van der Waals surface area contributed by atoms with Gasteiger partial charge in [0.2, 0.25) is 5.91 Å². The first-order chi connectivity index (χ1) is 16.3. The number of rotatable bonds is 8. The summed E-state index contributed by atoms with van der Waals surface area (Å²) >= 11 is 0. The smallest absolute Gasteiger partial charge is 0.348 e. The molecule has 4 rings (SSSR count). The number of nitrogens with zero attached hydrogens (tertiary/aromatic N) is 2. The maximum Gasteiger partial charge on any atom is 0.416 e. The summed E-state index contributed by atoms with van der Waals surface area (Å²) in [6.45, 7) is 2.16. The Hall–Kier alpha value is -3.62. The van der Waals surface area contributed by atoms with Crippen LogP contribution in [-0.2, 0) is 17.5 Å². The highest BCUT2D eigenvalue weighted by Gasteiger charge is 2.34. The third-order valence-corrected chi connectivity index (χ3v) is 5.57. The second-order valence-electron chi connectivity index (χ2n) is 8.36. The number of alkyl halides is 3. The standard InChI is InChI=1S/C25H25F3N4O2/c1-2-5-22(33)31-19-8-3-6-16(12-19)14-29-24(34)21-15-30-32(23(21)17-10-11-17)20-9-4-7-18(13-20)25(26,27)28/h3-4,6-9,12-13,15,17H,2,5,10-11,14H2,1H3,(H,29,34)(H,31,33). The van der Waals surface area contributed by atoms with Crippen molar-refractivity contribution in [3.8, 4) is 5.69 Å². The van der Waals surface area contributed by atoms with Crippen molar-refractivity contribution in [1.29, 1.82) is 0 Å². The number of benzene rings is 2. The molecule has 34 heavy (non-hydrogen) atoms. The molecule has 178 valence electrons. The fourth-order valence-electron chi connectivity index (χ4n) is 3.79. The average Bonchev–Trinajstić information content (AvgIpc) is 3.55. The van der Waals surface area contributed by atoms with Crippen LogP contribution in [0.15, 0.2) is 54.7 Å². The Kier molecular flexibility index (Phi) is 6.72. The number of nitrogens with one attached hydrogen (secondary N) is 2. The summed E-state index contributed by atoms with van der Waals surface area (Å²) in [5, 5.41) is 9.94. The SMILES string of the molecule is CCCC(=O)Nc1cccc(CNC(=O)c2cnn(-c3cccc(C(F)(F)F)c3)c2C2CC2)c1. The largest absolute Gasteiger partial charge is 0.416 e. The van der Waals surface area contributed by atoms with Gasteiger partial charge in [0, 0.05) is 24.6 Å². The molecule has 6 nitrogen and oxygen atoms in total. The van der Waals surface area contributed by atoms with E-state index in [4.69, 9.17) is 0 Å². The van der Waals surface area contributed by atoms with E-state index in [2.05, 4.69) is 15.7 Å². The Bertz CT molecular complexity index is 1200. The number of anilines is 1. The third-order valence-electron chi connectivity index (χ3n) is 5.57. The Morgan fingerprint density at radius 3 is 2.59 bits per heavy atom. The lowest BCUT2D eigenvalue weighted by Crippen LogP contribution is -2.24. The van der Waals surface area contributed by atoms with Gasteiger partial charge in [-0.15, -0.1) is 0 Å². The molecule has 9 heteroatoms. The average molecular weight is 470 g/mol. The molecule has 1 heterocycles. The van der Waals surface area contributed by atoms with Crippen LogP contribution in [0.25, 0.3) is 5.69 Å². The molecule has 0 unspecified atom stereocenters. The first-order valence-corrected chi connectivity index (χ1v) is 11.2. The van der Waals surface area contributed by atoms with Gasteiger partial charge in [-0.1, -0.05) is 25.1 Å². The second-order valence-corrected chi connectivity index (χ2v) is 8.36. The highest BCUT2D eigenvalue weighted by molar-refractivity contribution is 5.95. The van der Waals surface area contributed by atoms with Crippen LogP contribution < -0.4 is 10.6 Å². The summed E-state index contributed by atoms with van der Waals surface area (Å²) in [6.07, 6.45) is -0.174. The van der Waals surface area contributed by atoms with Gasteiger partial charge in [0.05, 0.1) is 28.7 Å². The van der Waals surface area contributed by atoms with Crippen molar-refractivity contribution >= 4 is 17.5 Å². The number of hydrogen-bond acceptors (Lipinski definition) is 3. The van der Waals surface area contributed by atoms with E-state index in [1.165, 1.54) is 16.9 Å². The zero-order valence-corrected chi connectivity index (χ0v) is 18.7. The summed E-state index contributed by atoms with van der Waals surface area (Å²) in [5.41, 5.74) is 1.94. The van der Waals surface area contributed by atoms with E-state index in [1.807, 2.05) is 13.0 Å². The van der Waals surface area contributed by atoms with Crippen molar-refractivity contribution in [2.24, 2.45) is 0 Å². The fourth-order valence-corrected chi connectivity index (χ4v) is 3.79. The minimum atomic E-state index is -4.46. The van der Waals surface area contributed by atoms with Crippen molar-refractivity contribution in [3.63, 3.8) is 0 Å². The zero-order valence-electron chi connectivity index (χ0n) is 18.7. The van der Waals surface area contributed by atoms with E-state index in [1.54, 1.807) is 24.3 Å². The molecule has 2 amide bonds. The molecule has 3 aromatic rings. The van der Waals surface area contributed by atoms with Crippen molar-refractivity contribution in [1.82, 2.24) is 15.1 Å². The molecule has 0 atom stereocenters. The van der Waals surface area contributed by atoms with Gasteiger partial charge in [-0.05, 0) is 55.2 Å². The lowest BCUT2D eigenvalue weighted by atomic mass is 10.1. The van der Waals surface area contributed by atoms with Crippen LogP contribution in [0.1, 0.15) is 65.7 Å². The highest BCUT2D eigenvalue weighted by atomic mass is 19.4. The Balaban J connectivity index is 1.51. The van der Waals surface area contributed by atoms with Crippen molar-refractivity contribution in [3.05, 3.63) is 77.1 Å². The Morgan fingerprint density at radius 2 is 1.88 bits per heavy atom. The Labute approximate surface area is 195 Å². The molecule has 1 aliphatic carbocycles. The van der Waals surface area contributed by atoms with Crippen LogP contribution in [0.3, 0.4) is 0 Å². The molecule has 0 aliphatic heterocycles. The number of carbonyl (C=O) groups is 2. The second kappa shape index (κ2) is 9.70. The molecular formula is C25H25F3N4O2. The van der Waals surface area contributed by atoms with Gasteiger partial charge in [0.1, 0.15) is 0 Å². The van der Waals surface area contributed by atoms with Gasteiger partial charge in [0.15, 0.2) is 0 Å². The fraction of sp³-hybridized carbons (Fsp3) is 0.320. The summed E-state index contributed by atoms with van der Waals surface area (Å²) in [6, 6.07) is 12.1. The maximum atomic E-state index is 13.2. The number of halogens is 3. The van der Waals surface area contributed by atoms with Crippen molar-refractivity contribution in [2.75, 3.05) is 5.32 Å². The van der Waals surface area contributed by atoms with Crippen LogP contribution in [0.4, 0.5) is 18.9 Å². The number of hydrogen-bond donors (Lipinski definition) is 2. The number of amides is 2. The van der Waals surface area contributed by atoms with E-state index in [0.29, 0.717) is 23.4 Å². The summed E-state index contributed by atoms with van der Waals surface area (Å²) in [7, 11) is 0. The molecule has 1 aromatic heterocycles. The quantitative estimate of drug-likeness (QED) is 0.461. The van der Waals surface area contributed by atoms with Gasteiger partial charge in [-0.2, -0.15) is 18.3 Å². The lowest BCUT2D eigenvalue weighted by Gasteiger charge is -2.12. The van der Waals surface area contributed by atoms with Gasteiger partial charge in [-0.25, -0.2) is 4.68 Å². The topological polar surface area (TPSA) is 76.0 Å². The van der Waals surface area contributed by atoms with Crippen LogP contribution in [0.5, 0.6) is 0 Å². The maximum absolute atomic E-state index is 13.2. The minimum absolute atomic E-state index is 0.0697. The summed E-state index contributed by atoms with van der Waals surface area (Å²) in [4.78, 5) is 24.8. The predicted molar refractivity (Wildman–Crippen MR) is 122 cm³/mol. The normalized spacial score (nSPS) is 13.5. The first kappa shape index (κ1) is 23.5. The molecular weight excluding hydrogens is 445 g/mol. The van der Waals surface area contributed by atoms with Gasteiger partial charge in [0.25, 0.3) is 5.91 Å². The van der Waals surface area contributed by atoms with Crippen LogP contribution >= 0.6 is 0 Å². The molecule has 0 bridgehead atoms. The summed E-state index contributed by atoms with van der Waals surface area (Å²) < 4.78 is 40.9. The molecule has 1 aliphatic rings. The molecule has 0 saturated heterocycles. The zero-order chi connectivity index (χ0) is 24.3. The molecule has 1 fully saturated rings. The molecule has 0 radical (unpaired) electrons. The summed E-state index contributed by atoms with van der Waals surface area (Å²) in [5.74, 6) is -0.338. The van der Waals surface area contributed by atoms with E-state index in [0.717, 1.165) is 37.0 Å². The Morgan fingerprint density at radius 1 is 1.12 bits per heavy atom. The first-order valence-electron chi connectivity index (χ1n) is 11.2. The van der Waals surface area contributed by atoms with Crippen LogP contribution in [0, 0.1) is 0 Å². The van der Waals surface area contributed by atoms with Crippen LogP contribution in [-0.4, -0.2) is 21.6 Å². The van der Waals surface area contributed by atoms with E-state index < -0.39 is 11.7 Å². The molecule has 2 aromatic carbocycles. The number of carbonyl (C=O) groups excluding carboxylic acids is 2. The lowest BCUT2D eigenvalue weighted by molar-refractivity contribution is -0.137. The minimum Gasteiger partial charge on any atom is -0.348 e. The third kappa shape index (κ3) is 5.47. The van der Waals surface area contributed by atoms with Gasteiger partial charge < -0.3 is 10.6 Å². The van der Waals surface area contributed by atoms with Crippen molar-refractivity contribution in [2.45, 2.75) is 51.2 Å². The van der Waals surface area contributed by atoms with Crippen molar-refractivity contribution < 1.29 is 22.8 Å². The van der Waals surface area contributed by atoms with E-state index in [9.17, 15) is 22.8 Å². The monoisotopic (exact) mass is 470 g/mol. The molecule has 0 spiro atoms. The van der Waals surface area contributed by atoms with E-state index >= 15 is 0 Å². The van der Waals surface area contributed by atoms with Crippen LogP contribution in [0.2, 0.25) is 0 Å². The van der Waals surface area contributed by atoms with Gasteiger partial charge in [-0.3, -0.25) is 9.59 Å². The molecule has 2 N–H and O–H groups in total. The predicted octanol–water partition coefficient (Wildman–Crippen LogP) is 5.44.